The summed E-state index contributed by atoms with van der Waals surface area (Å²) in [6.07, 6.45) is 8.62. The molecule has 0 spiro atoms. The molecule has 1 saturated carbocycles. The highest BCUT2D eigenvalue weighted by atomic mass is 16.5. The molecule has 1 aliphatic heterocycles. The molecular formula is C17H27N3O2. The van der Waals surface area contributed by atoms with Gasteiger partial charge in [0.05, 0.1) is 0 Å². The summed E-state index contributed by atoms with van der Waals surface area (Å²) in [6.45, 7) is 5.06. The molecule has 2 aliphatic rings. The molecule has 5 nitrogen and oxygen atoms in total. The Kier molecular flexibility index (Phi) is 4.79. The Morgan fingerprint density at radius 2 is 2.00 bits per heavy atom. The van der Waals surface area contributed by atoms with Gasteiger partial charge in [0.15, 0.2) is 5.82 Å². The van der Waals surface area contributed by atoms with Gasteiger partial charge in [0.25, 0.3) is 0 Å². The Balaban J connectivity index is 1.77. The van der Waals surface area contributed by atoms with Crippen molar-refractivity contribution in [3.63, 3.8) is 0 Å². The molecule has 1 aliphatic carbocycles. The van der Waals surface area contributed by atoms with Crippen LogP contribution in [-0.4, -0.2) is 27.5 Å². The van der Waals surface area contributed by atoms with E-state index in [1.807, 2.05) is 4.90 Å². The number of rotatable bonds is 4. The Morgan fingerprint density at radius 1 is 1.27 bits per heavy atom. The fourth-order valence-corrected chi connectivity index (χ4v) is 3.62. The summed E-state index contributed by atoms with van der Waals surface area (Å²) in [4.78, 5) is 19.4. The number of likely N-dealkylation sites (tertiary alicyclic amines) is 1. The first-order valence-electron chi connectivity index (χ1n) is 8.84. The quantitative estimate of drug-likeness (QED) is 0.848. The lowest BCUT2D eigenvalue weighted by molar-refractivity contribution is -0.140. The largest absolute Gasteiger partial charge is 0.337 e. The molecule has 0 N–H and O–H groups in total. The molecule has 0 aromatic carbocycles. The van der Waals surface area contributed by atoms with Crippen molar-refractivity contribution in [3.8, 4) is 0 Å². The molecule has 1 aromatic rings. The van der Waals surface area contributed by atoms with Gasteiger partial charge in [0.1, 0.15) is 6.04 Å². The summed E-state index contributed by atoms with van der Waals surface area (Å²) in [5.41, 5.74) is 0. The first-order chi connectivity index (χ1) is 10.7. The first-order valence-corrected chi connectivity index (χ1v) is 8.84. The maximum Gasteiger partial charge on any atom is 0.249 e. The van der Waals surface area contributed by atoms with Gasteiger partial charge in [-0.2, -0.15) is 4.98 Å². The number of amides is 1. The molecule has 2 atom stereocenters. The highest BCUT2D eigenvalue weighted by molar-refractivity contribution is 5.79. The fourth-order valence-electron chi connectivity index (χ4n) is 3.62. The van der Waals surface area contributed by atoms with Crippen LogP contribution in [0.5, 0.6) is 0 Å². The van der Waals surface area contributed by atoms with Crippen LogP contribution in [0.2, 0.25) is 0 Å². The van der Waals surface area contributed by atoms with Crippen LogP contribution in [0.15, 0.2) is 4.52 Å². The minimum Gasteiger partial charge on any atom is -0.337 e. The van der Waals surface area contributed by atoms with E-state index in [1.54, 1.807) is 0 Å². The zero-order valence-electron chi connectivity index (χ0n) is 13.8. The van der Waals surface area contributed by atoms with Gasteiger partial charge in [-0.25, -0.2) is 0 Å². The van der Waals surface area contributed by atoms with Crippen molar-refractivity contribution in [1.29, 1.82) is 0 Å². The second kappa shape index (κ2) is 6.80. The minimum atomic E-state index is -0.00726. The number of hydrogen-bond donors (Lipinski definition) is 0. The van der Waals surface area contributed by atoms with Gasteiger partial charge < -0.3 is 9.42 Å². The van der Waals surface area contributed by atoms with E-state index < -0.39 is 0 Å². The van der Waals surface area contributed by atoms with Crippen LogP contribution in [-0.2, 0) is 4.79 Å². The second-order valence-corrected chi connectivity index (χ2v) is 6.82. The van der Waals surface area contributed by atoms with E-state index in [0.29, 0.717) is 17.7 Å². The van der Waals surface area contributed by atoms with Gasteiger partial charge in [0.2, 0.25) is 11.8 Å². The molecule has 0 radical (unpaired) electrons. The Bertz CT molecular complexity index is 508. The number of carbonyl (C=O) groups is 1. The molecule has 22 heavy (non-hydrogen) atoms. The van der Waals surface area contributed by atoms with E-state index >= 15 is 0 Å². The monoisotopic (exact) mass is 305 g/mol. The van der Waals surface area contributed by atoms with Crippen molar-refractivity contribution in [2.24, 2.45) is 5.92 Å². The van der Waals surface area contributed by atoms with Crippen LogP contribution >= 0.6 is 0 Å². The summed E-state index contributed by atoms with van der Waals surface area (Å²) in [7, 11) is 0. The summed E-state index contributed by atoms with van der Waals surface area (Å²) < 4.78 is 5.52. The molecule has 1 saturated heterocycles. The second-order valence-electron chi connectivity index (χ2n) is 6.82. The number of aromatic nitrogens is 2. The number of carbonyl (C=O) groups excluding carboxylic acids is 1. The molecule has 0 bridgehead atoms. The van der Waals surface area contributed by atoms with Crippen LogP contribution in [0.4, 0.5) is 0 Å². The van der Waals surface area contributed by atoms with Gasteiger partial charge in [-0.15, -0.1) is 0 Å². The molecule has 2 heterocycles. The van der Waals surface area contributed by atoms with Crippen LogP contribution in [0.25, 0.3) is 0 Å². The van der Waals surface area contributed by atoms with Crippen LogP contribution in [0, 0.1) is 5.92 Å². The van der Waals surface area contributed by atoms with Crippen LogP contribution in [0.3, 0.4) is 0 Å². The number of nitrogens with zero attached hydrogens (tertiary/aromatic N) is 3. The molecule has 0 unspecified atom stereocenters. The Labute approximate surface area is 132 Å². The maximum atomic E-state index is 12.8. The highest BCUT2D eigenvalue weighted by Crippen LogP contribution is 2.35. The molecule has 5 heteroatoms. The maximum absolute atomic E-state index is 12.8. The Morgan fingerprint density at radius 3 is 2.73 bits per heavy atom. The SMILES string of the molecule is CC[C@@H](C)c1noc([C@H]2CCCCN2C(=O)C2CCCC2)n1. The predicted octanol–water partition coefficient (Wildman–Crippen LogP) is 3.83. The van der Waals surface area contributed by atoms with Gasteiger partial charge in [-0.05, 0) is 38.5 Å². The van der Waals surface area contributed by atoms with Crippen molar-refractivity contribution in [3.05, 3.63) is 11.7 Å². The van der Waals surface area contributed by atoms with E-state index in [2.05, 4.69) is 24.0 Å². The molecular weight excluding hydrogens is 278 g/mol. The zero-order chi connectivity index (χ0) is 15.5. The standard InChI is InChI=1S/C17H27N3O2/c1-3-12(2)15-18-16(22-19-15)14-10-6-7-11-20(14)17(21)13-8-4-5-9-13/h12-14H,3-11H2,1-2H3/t12-,14-/m1/s1. The molecule has 3 rings (SSSR count). The van der Waals surface area contributed by atoms with E-state index in [9.17, 15) is 4.79 Å². The molecule has 1 amide bonds. The summed E-state index contributed by atoms with van der Waals surface area (Å²) >= 11 is 0. The minimum absolute atomic E-state index is 0.00726. The van der Waals surface area contributed by atoms with Crippen molar-refractivity contribution < 1.29 is 9.32 Å². The first kappa shape index (κ1) is 15.5. The number of piperidine rings is 1. The third kappa shape index (κ3) is 3.03. The van der Waals surface area contributed by atoms with Crippen LogP contribution in [0.1, 0.15) is 88.9 Å². The topological polar surface area (TPSA) is 59.2 Å². The van der Waals surface area contributed by atoms with E-state index in [0.717, 1.165) is 50.9 Å². The summed E-state index contributed by atoms with van der Waals surface area (Å²) in [6, 6.07) is -0.00726. The van der Waals surface area contributed by atoms with E-state index in [1.165, 1.54) is 12.8 Å². The van der Waals surface area contributed by atoms with Gasteiger partial charge in [-0.1, -0.05) is 31.8 Å². The lowest BCUT2D eigenvalue weighted by Crippen LogP contribution is -2.41. The molecule has 2 fully saturated rings. The summed E-state index contributed by atoms with van der Waals surface area (Å²) in [5.74, 6) is 2.25. The van der Waals surface area contributed by atoms with Crippen molar-refractivity contribution in [2.75, 3.05) is 6.54 Å². The average molecular weight is 305 g/mol. The summed E-state index contributed by atoms with van der Waals surface area (Å²) in [5, 5.41) is 4.13. The lowest BCUT2D eigenvalue weighted by Gasteiger charge is -2.35. The lowest BCUT2D eigenvalue weighted by atomic mass is 9.98. The van der Waals surface area contributed by atoms with Crippen LogP contribution < -0.4 is 0 Å². The van der Waals surface area contributed by atoms with Gasteiger partial charge in [0, 0.05) is 18.4 Å². The zero-order valence-corrected chi connectivity index (χ0v) is 13.8. The van der Waals surface area contributed by atoms with E-state index in [4.69, 9.17) is 4.52 Å². The Hall–Kier alpha value is -1.39. The average Bonchev–Trinajstić information content (AvgIpc) is 3.25. The third-order valence-corrected chi connectivity index (χ3v) is 5.29. The molecule has 122 valence electrons. The fraction of sp³-hybridized carbons (Fsp3) is 0.824. The number of hydrogen-bond acceptors (Lipinski definition) is 4. The smallest absolute Gasteiger partial charge is 0.249 e. The van der Waals surface area contributed by atoms with Crippen molar-refractivity contribution >= 4 is 5.91 Å². The van der Waals surface area contributed by atoms with Gasteiger partial charge in [-0.3, -0.25) is 4.79 Å². The molecule has 1 aromatic heterocycles. The normalized spacial score (nSPS) is 24.6. The van der Waals surface area contributed by atoms with Crippen molar-refractivity contribution in [2.45, 2.75) is 77.2 Å². The van der Waals surface area contributed by atoms with Crippen molar-refractivity contribution in [1.82, 2.24) is 15.0 Å². The van der Waals surface area contributed by atoms with Gasteiger partial charge >= 0.3 is 0 Å². The predicted molar refractivity (Wildman–Crippen MR) is 83.3 cm³/mol. The highest BCUT2D eigenvalue weighted by Gasteiger charge is 2.36. The third-order valence-electron chi connectivity index (χ3n) is 5.29. The van der Waals surface area contributed by atoms with E-state index in [-0.39, 0.29) is 12.0 Å².